The number of piperidine rings is 1. The van der Waals surface area contributed by atoms with Gasteiger partial charge in [-0.1, -0.05) is 31.2 Å². The molecule has 0 bridgehead atoms. The lowest BCUT2D eigenvalue weighted by atomic mass is 10.0. The van der Waals surface area contributed by atoms with Crippen LogP contribution in [0.1, 0.15) is 43.7 Å². The summed E-state index contributed by atoms with van der Waals surface area (Å²) in [6, 6.07) is 9.09. The number of aryl methyl sites for hydroxylation is 1. The molecule has 3 nitrogen and oxygen atoms in total. The first-order chi connectivity index (χ1) is 10.7. The second-order valence-electron chi connectivity index (χ2n) is 6.85. The number of amides is 1. The van der Waals surface area contributed by atoms with Crippen LogP contribution in [-0.4, -0.2) is 36.5 Å². The van der Waals surface area contributed by atoms with E-state index < -0.39 is 0 Å². The summed E-state index contributed by atoms with van der Waals surface area (Å²) in [4.78, 5) is 14.5. The summed E-state index contributed by atoms with van der Waals surface area (Å²) >= 11 is 0. The number of benzene rings is 1. The largest absolute Gasteiger partial charge is 0.342 e. The molecule has 1 aromatic rings. The van der Waals surface area contributed by atoms with Gasteiger partial charge in [-0.3, -0.25) is 4.79 Å². The number of hydrogen-bond acceptors (Lipinski definition) is 2. The van der Waals surface area contributed by atoms with Crippen LogP contribution in [0.25, 0.3) is 0 Å². The standard InChI is InChI=1S/C19H28N2O/c1-2-15-3-5-16(6-4-15)13-19(22)21-11-9-18(10-12-21)20-14-17-7-8-17/h3-6,17-18,20H,2,7-14H2,1H3. The topological polar surface area (TPSA) is 32.3 Å². The quantitative estimate of drug-likeness (QED) is 0.876. The lowest BCUT2D eigenvalue weighted by Crippen LogP contribution is -2.45. The van der Waals surface area contributed by atoms with Crippen molar-refractivity contribution in [3.05, 3.63) is 35.4 Å². The third-order valence-electron chi connectivity index (χ3n) is 5.03. The lowest BCUT2D eigenvalue weighted by Gasteiger charge is -2.32. The van der Waals surface area contributed by atoms with Crippen LogP contribution in [0, 0.1) is 5.92 Å². The van der Waals surface area contributed by atoms with Crippen LogP contribution in [0.5, 0.6) is 0 Å². The molecule has 0 unspecified atom stereocenters. The van der Waals surface area contributed by atoms with E-state index in [0.717, 1.165) is 43.8 Å². The van der Waals surface area contributed by atoms with Gasteiger partial charge in [-0.25, -0.2) is 0 Å². The molecule has 2 fully saturated rings. The minimum absolute atomic E-state index is 0.282. The van der Waals surface area contributed by atoms with Crippen molar-refractivity contribution in [2.24, 2.45) is 5.92 Å². The molecule has 0 atom stereocenters. The molecule has 3 heteroatoms. The Kier molecular flexibility index (Phi) is 5.14. The van der Waals surface area contributed by atoms with Crippen molar-refractivity contribution in [1.29, 1.82) is 0 Å². The summed E-state index contributed by atoms with van der Waals surface area (Å²) < 4.78 is 0. The molecular formula is C19H28N2O. The van der Waals surface area contributed by atoms with Gasteiger partial charge in [0.25, 0.3) is 0 Å². The van der Waals surface area contributed by atoms with Crippen molar-refractivity contribution in [3.63, 3.8) is 0 Å². The average molecular weight is 300 g/mol. The minimum Gasteiger partial charge on any atom is -0.342 e. The van der Waals surface area contributed by atoms with Crippen molar-refractivity contribution >= 4 is 5.91 Å². The summed E-state index contributed by atoms with van der Waals surface area (Å²) in [6.07, 6.45) is 6.61. The number of nitrogens with zero attached hydrogens (tertiary/aromatic N) is 1. The fraction of sp³-hybridized carbons (Fsp3) is 0.632. The molecule has 120 valence electrons. The molecule has 0 aromatic heterocycles. The van der Waals surface area contributed by atoms with Gasteiger partial charge >= 0.3 is 0 Å². The van der Waals surface area contributed by atoms with E-state index in [1.54, 1.807) is 0 Å². The highest BCUT2D eigenvalue weighted by molar-refractivity contribution is 5.78. The van der Waals surface area contributed by atoms with E-state index in [-0.39, 0.29) is 5.91 Å². The van der Waals surface area contributed by atoms with Crippen molar-refractivity contribution in [1.82, 2.24) is 10.2 Å². The van der Waals surface area contributed by atoms with Gasteiger partial charge in [0, 0.05) is 19.1 Å². The molecule has 2 aliphatic rings. The number of rotatable bonds is 6. The molecule has 1 saturated carbocycles. The molecule has 1 heterocycles. The van der Waals surface area contributed by atoms with Crippen molar-refractivity contribution < 1.29 is 4.79 Å². The number of carbonyl (C=O) groups is 1. The highest BCUT2D eigenvalue weighted by Gasteiger charge is 2.25. The number of hydrogen-bond donors (Lipinski definition) is 1. The lowest BCUT2D eigenvalue weighted by molar-refractivity contribution is -0.131. The van der Waals surface area contributed by atoms with Gasteiger partial charge in [0.05, 0.1) is 6.42 Å². The van der Waals surface area contributed by atoms with Crippen molar-refractivity contribution in [2.75, 3.05) is 19.6 Å². The highest BCUT2D eigenvalue weighted by atomic mass is 16.2. The fourth-order valence-corrected chi connectivity index (χ4v) is 3.17. The van der Waals surface area contributed by atoms with Gasteiger partial charge in [0.2, 0.25) is 5.91 Å². The maximum Gasteiger partial charge on any atom is 0.226 e. The van der Waals surface area contributed by atoms with Gasteiger partial charge in [-0.15, -0.1) is 0 Å². The predicted octanol–water partition coefficient (Wildman–Crippen LogP) is 2.78. The molecule has 3 rings (SSSR count). The molecule has 1 N–H and O–H groups in total. The zero-order chi connectivity index (χ0) is 15.4. The Labute approximate surface area is 134 Å². The van der Waals surface area contributed by atoms with Gasteiger partial charge < -0.3 is 10.2 Å². The monoisotopic (exact) mass is 300 g/mol. The first-order valence-corrected chi connectivity index (χ1v) is 8.83. The molecule has 1 aromatic carbocycles. The Balaban J connectivity index is 1.42. The molecule has 1 amide bonds. The smallest absolute Gasteiger partial charge is 0.226 e. The van der Waals surface area contributed by atoms with Gasteiger partial charge in [0.15, 0.2) is 0 Å². The zero-order valence-electron chi connectivity index (χ0n) is 13.7. The maximum atomic E-state index is 12.4. The van der Waals surface area contributed by atoms with E-state index in [4.69, 9.17) is 0 Å². The average Bonchev–Trinajstić information content (AvgIpc) is 3.38. The van der Waals surface area contributed by atoms with Gasteiger partial charge in [-0.05, 0) is 55.7 Å². The van der Waals surface area contributed by atoms with Crippen LogP contribution in [0.3, 0.4) is 0 Å². The second kappa shape index (κ2) is 7.28. The summed E-state index contributed by atoms with van der Waals surface area (Å²) in [5, 5.41) is 3.67. The Morgan fingerprint density at radius 2 is 1.73 bits per heavy atom. The third kappa shape index (κ3) is 4.33. The summed E-state index contributed by atoms with van der Waals surface area (Å²) in [6.45, 7) is 5.16. The summed E-state index contributed by atoms with van der Waals surface area (Å²) in [5.41, 5.74) is 2.47. The molecule has 22 heavy (non-hydrogen) atoms. The van der Waals surface area contributed by atoms with Crippen LogP contribution in [0.15, 0.2) is 24.3 Å². The third-order valence-corrected chi connectivity index (χ3v) is 5.03. The van der Waals surface area contributed by atoms with Crippen LogP contribution in [0.4, 0.5) is 0 Å². The Bertz CT molecular complexity index is 485. The minimum atomic E-state index is 0.282. The Morgan fingerprint density at radius 1 is 1.09 bits per heavy atom. The van der Waals surface area contributed by atoms with Gasteiger partial charge in [-0.2, -0.15) is 0 Å². The predicted molar refractivity (Wildman–Crippen MR) is 89.9 cm³/mol. The van der Waals surface area contributed by atoms with E-state index in [1.165, 1.54) is 24.9 Å². The molecule has 1 aliphatic carbocycles. The Morgan fingerprint density at radius 3 is 2.32 bits per heavy atom. The number of nitrogens with one attached hydrogen (secondary N) is 1. The van der Waals surface area contributed by atoms with Crippen LogP contribution >= 0.6 is 0 Å². The van der Waals surface area contributed by atoms with Crippen LogP contribution in [-0.2, 0) is 17.6 Å². The van der Waals surface area contributed by atoms with E-state index in [2.05, 4.69) is 36.5 Å². The van der Waals surface area contributed by atoms with Gasteiger partial charge in [0.1, 0.15) is 0 Å². The number of likely N-dealkylation sites (tertiary alicyclic amines) is 1. The maximum absolute atomic E-state index is 12.4. The van der Waals surface area contributed by atoms with E-state index in [0.29, 0.717) is 12.5 Å². The van der Waals surface area contributed by atoms with Crippen molar-refractivity contribution in [3.8, 4) is 0 Å². The summed E-state index contributed by atoms with van der Waals surface area (Å²) in [5.74, 6) is 1.22. The number of carbonyl (C=O) groups excluding carboxylic acids is 1. The SMILES string of the molecule is CCc1ccc(CC(=O)N2CCC(NCC3CC3)CC2)cc1. The first-order valence-electron chi connectivity index (χ1n) is 8.83. The molecule has 0 spiro atoms. The van der Waals surface area contributed by atoms with Crippen LogP contribution < -0.4 is 5.32 Å². The zero-order valence-corrected chi connectivity index (χ0v) is 13.7. The molecule has 1 saturated heterocycles. The van der Waals surface area contributed by atoms with E-state index >= 15 is 0 Å². The summed E-state index contributed by atoms with van der Waals surface area (Å²) in [7, 11) is 0. The van der Waals surface area contributed by atoms with E-state index in [1.807, 2.05) is 4.90 Å². The Hall–Kier alpha value is -1.35. The fourth-order valence-electron chi connectivity index (χ4n) is 3.17. The molecule has 1 aliphatic heterocycles. The van der Waals surface area contributed by atoms with E-state index in [9.17, 15) is 4.79 Å². The first kappa shape index (κ1) is 15.5. The van der Waals surface area contributed by atoms with Crippen molar-refractivity contribution in [2.45, 2.75) is 51.5 Å². The van der Waals surface area contributed by atoms with Crippen LogP contribution in [0.2, 0.25) is 0 Å². The highest BCUT2D eigenvalue weighted by Crippen LogP contribution is 2.28. The normalized spacial score (nSPS) is 19.4. The molecular weight excluding hydrogens is 272 g/mol. The second-order valence-corrected chi connectivity index (χ2v) is 6.85. The molecule has 0 radical (unpaired) electrons.